The van der Waals surface area contributed by atoms with Crippen LogP contribution in [-0.4, -0.2) is 49.9 Å². The molecule has 2 N–H and O–H groups in total. The molecule has 1 amide bonds. The predicted octanol–water partition coefficient (Wildman–Crippen LogP) is 2.60. The minimum atomic E-state index is -3.80. The van der Waals surface area contributed by atoms with E-state index in [1.54, 1.807) is 20.8 Å². The van der Waals surface area contributed by atoms with Gasteiger partial charge in [-0.2, -0.15) is 0 Å². The monoisotopic (exact) mass is 399 g/mol. The molecule has 2 heterocycles. The molecule has 1 aromatic heterocycles. The van der Waals surface area contributed by atoms with Crippen LogP contribution in [0.5, 0.6) is 0 Å². The zero-order valence-corrected chi connectivity index (χ0v) is 18.1. The highest BCUT2D eigenvalue weighted by Crippen LogP contribution is 2.23. The van der Waals surface area contributed by atoms with Gasteiger partial charge in [0, 0.05) is 24.2 Å². The lowest BCUT2D eigenvalue weighted by atomic mass is 9.93. The molecular formula is C19H33N3O4S. The van der Waals surface area contributed by atoms with Crippen molar-refractivity contribution in [1.29, 1.82) is 0 Å². The molecule has 0 radical (unpaired) electrons. The highest BCUT2D eigenvalue weighted by molar-refractivity contribution is 7.89. The summed E-state index contributed by atoms with van der Waals surface area (Å²) in [7, 11) is -3.80. The number of hydrogen-bond acceptors (Lipinski definition) is 5. The maximum absolute atomic E-state index is 12.4. The van der Waals surface area contributed by atoms with Crippen LogP contribution in [0.25, 0.3) is 0 Å². The first-order chi connectivity index (χ1) is 12.3. The van der Waals surface area contributed by atoms with E-state index in [9.17, 15) is 13.2 Å². The van der Waals surface area contributed by atoms with Crippen LogP contribution in [0.2, 0.25) is 0 Å². The van der Waals surface area contributed by atoms with Crippen LogP contribution in [0, 0.1) is 5.92 Å². The number of nitrogens with zero attached hydrogens (tertiary/aromatic N) is 1. The lowest BCUT2D eigenvalue weighted by Crippen LogP contribution is -2.54. The van der Waals surface area contributed by atoms with Gasteiger partial charge in [0.15, 0.2) is 5.76 Å². The number of piperidine rings is 1. The van der Waals surface area contributed by atoms with E-state index < -0.39 is 21.5 Å². The van der Waals surface area contributed by atoms with Gasteiger partial charge >= 0.3 is 0 Å². The van der Waals surface area contributed by atoms with Crippen molar-refractivity contribution in [2.45, 2.75) is 70.6 Å². The lowest BCUT2D eigenvalue weighted by Gasteiger charge is -2.43. The zero-order valence-electron chi connectivity index (χ0n) is 17.3. The SMILES string of the molecule is CC1CCCN(C(C)(C)CNC(=O)c2ccc(S(=O)(=O)NC(C)(C)C)o2)C1. The summed E-state index contributed by atoms with van der Waals surface area (Å²) < 4.78 is 32.4. The lowest BCUT2D eigenvalue weighted by molar-refractivity contribution is 0.0647. The van der Waals surface area contributed by atoms with Crippen LogP contribution in [0.15, 0.2) is 21.6 Å². The molecule has 1 unspecified atom stereocenters. The average molecular weight is 400 g/mol. The van der Waals surface area contributed by atoms with Crippen molar-refractivity contribution in [3.05, 3.63) is 17.9 Å². The second-order valence-corrected chi connectivity index (χ2v) is 10.8. The Labute approximate surface area is 162 Å². The number of likely N-dealkylation sites (tertiary alicyclic amines) is 1. The van der Waals surface area contributed by atoms with Crippen molar-refractivity contribution >= 4 is 15.9 Å². The van der Waals surface area contributed by atoms with E-state index in [0.717, 1.165) is 13.1 Å². The third-order valence-electron chi connectivity index (χ3n) is 4.71. The van der Waals surface area contributed by atoms with Crippen molar-refractivity contribution in [2.24, 2.45) is 5.92 Å². The molecular weight excluding hydrogens is 366 g/mol. The minimum absolute atomic E-state index is 0.00732. The smallest absolute Gasteiger partial charge is 0.287 e. The molecule has 8 heteroatoms. The summed E-state index contributed by atoms with van der Waals surface area (Å²) >= 11 is 0. The van der Waals surface area contributed by atoms with Crippen molar-refractivity contribution in [3.8, 4) is 0 Å². The summed E-state index contributed by atoms with van der Waals surface area (Å²) in [6.45, 7) is 14.2. The van der Waals surface area contributed by atoms with Gasteiger partial charge in [0.05, 0.1) is 0 Å². The third kappa shape index (κ3) is 6.05. The van der Waals surface area contributed by atoms with E-state index in [4.69, 9.17) is 4.42 Å². The first-order valence-corrected chi connectivity index (χ1v) is 11.0. The Bertz CT molecular complexity index is 762. The van der Waals surface area contributed by atoms with Gasteiger partial charge < -0.3 is 9.73 Å². The van der Waals surface area contributed by atoms with Gasteiger partial charge in [0.2, 0.25) is 5.09 Å². The quantitative estimate of drug-likeness (QED) is 0.767. The molecule has 2 rings (SSSR count). The highest BCUT2D eigenvalue weighted by Gasteiger charge is 2.31. The number of hydrogen-bond donors (Lipinski definition) is 2. The van der Waals surface area contributed by atoms with Gasteiger partial charge in [-0.25, -0.2) is 13.1 Å². The fourth-order valence-corrected chi connectivity index (χ4v) is 4.63. The molecule has 0 saturated carbocycles. The molecule has 0 spiro atoms. The van der Waals surface area contributed by atoms with Crippen molar-refractivity contribution < 1.29 is 17.6 Å². The molecule has 1 fully saturated rings. The predicted molar refractivity (Wildman–Crippen MR) is 105 cm³/mol. The zero-order chi connectivity index (χ0) is 20.5. The van der Waals surface area contributed by atoms with Crippen LogP contribution in [0.4, 0.5) is 0 Å². The van der Waals surface area contributed by atoms with Crippen molar-refractivity contribution in [2.75, 3.05) is 19.6 Å². The number of nitrogens with one attached hydrogen (secondary N) is 2. The first-order valence-electron chi connectivity index (χ1n) is 9.47. The first kappa shape index (κ1) is 21.9. The Kier molecular flexibility index (Phi) is 6.44. The van der Waals surface area contributed by atoms with E-state index in [1.165, 1.54) is 25.0 Å². The fraction of sp³-hybridized carbons (Fsp3) is 0.737. The van der Waals surface area contributed by atoms with Gasteiger partial charge in [-0.05, 0) is 72.1 Å². The second-order valence-electron chi connectivity index (χ2n) is 9.16. The molecule has 1 saturated heterocycles. The van der Waals surface area contributed by atoms with Gasteiger partial charge in [0.25, 0.3) is 15.9 Å². The summed E-state index contributed by atoms with van der Waals surface area (Å²) in [5.74, 6) is 0.235. The van der Waals surface area contributed by atoms with Crippen LogP contribution in [0.3, 0.4) is 0 Å². The Balaban J connectivity index is 2.00. The standard InChI is InChI=1S/C19H33N3O4S/c1-14-8-7-11-22(12-14)19(5,6)13-20-17(23)15-9-10-16(26-15)27(24,25)21-18(2,3)4/h9-10,14,21H,7-8,11-13H2,1-6H3,(H,20,23). The molecule has 0 aromatic carbocycles. The Morgan fingerprint density at radius 1 is 1.26 bits per heavy atom. The average Bonchev–Trinajstić information content (AvgIpc) is 3.01. The van der Waals surface area contributed by atoms with Gasteiger partial charge in [-0.3, -0.25) is 9.69 Å². The van der Waals surface area contributed by atoms with Crippen molar-refractivity contribution in [1.82, 2.24) is 14.9 Å². The molecule has 0 aliphatic carbocycles. The van der Waals surface area contributed by atoms with Gasteiger partial charge in [0.1, 0.15) is 0 Å². The number of amides is 1. The number of furan rings is 1. The van der Waals surface area contributed by atoms with E-state index in [-0.39, 0.29) is 16.4 Å². The van der Waals surface area contributed by atoms with Crippen molar-refractivity contribution in [3.63, 3.8) is 0 Å². The van der Waals surface area contributed by atoms with E-state index >= 15 is 0 Å². The molecule has 7 nitrogen and oxygen atoms in total. The van der Waals surface area contributed by atoms with Crippen LogP contribution in [0.1, 0.15) is 64.9 Å². The summed E-state index contributed by atoms with van der Waals surface area (Å²) in [4.78, 5) is 14.8. The molecule has 27 heavy (non-hydrogen) atoms. The number of sulfonamides is 1. The number of rotatable bonds is 6. The second kappa shape index (κ2) is 7.93. The van der Waals surface area contributed by atoms with Crippen LogP contribution < -0.4 is 10.0 Å². The Hall–Kier alpha value is -1.38. The Morgan fingerprint density at radius 3 is 2.52 bits per heavy atom. The van der Waals surface area contributed by atoms with Gasteiger partial charge in [-0.15, -0.1) is 0 Å². The molecule has 154 valence electrons. The minimum Gasteiger partial charge on any atom is -0.438 e. The maximum Gasteiger partial charge on any atom is 0.287 e. The molecule has 0 bridgehead atoms. The van der Waals surface area contributed by atoms with Crippen LogP contribution in [-0.2, 0) is 10.0 Å². The highest BCUT2D eigenvalue weighted by atomic mass is 32.2. The molecule has 1 aliphatic rings. The normalized spacial score (nSPS) is 19.9. The summed E-state index contributed by atoms with van der Waals surface area (Å²) in [6, 6.07) is 2.70. The van der Waals surface area contributed by atoms with Crippen LogP contribution >= 0.6 is 0 Å². The Morgan fingerprint density at radius 2 is 1.93 bits per heavy atom. The molecule has 1 atom stereocenters. The number of carbonyl (C=O) groups is 1. The number of carbonyl (C=O) groups excluding carboxylic acids is 1. The molecule has 1 aliphatic heterocycles. The topological polar surface area (TPSA) is 91.7 Å². The molecule has 1 aromatic rings. The summed E-state index contributed by atoms with van der Waals surface area (Å²) in [5.41, 5.74) is -0.816. The third-order valence-corrected chi connectivity index (χ3v) is 6.34. The summed E-state index contributed by atoms with van der Waals surface area (Å²) in [5, 5.41) is 2.62. The maximum atomic E-state index is 12.4. The summed E-state index contributed by atoms with van der Waals surface area (Å²) in [6.07, 6.45) is 2.41. The fourth-order valence-electron chi connectivity index (χ4n) is 3.27. The van der Waals surface area contributed by atoms with E-state index in [0.29, 0.717) is 12.5 Å². The van der Waals surface area contributed by atoms with E-state index in [2.05, 4.69) is 35.7 Å². The van der Waals surface area contributed by atoms with E-state index in [1.807, 2.05) is 0 Å². The largest absolute Gasteiger partial charge is 0.438 e. The van der Waals surface area contributed by atoms with Gasteiger partial charge in [-0.1, -0.05) is 6.92 Å².